The molecule has 0 bridgehead atoms. The van der Waals surface area contributed by atoms with Crippen LogP contribution in [-0.2, 0) is 4.74 Å². The molecule has 0 spiro atoms. The first-order valence-corrected chi connectivity index (χ1v) is 5.92. The second-order valence-electron chi connectivity index (χ2n) is 4.17. The van der Waals surface area contributed by atoms with Gasteiger partial charge in [-0.3, -0.25) is 0 Å². The maximum Gasteiger partial charge on any atom is 0.118 e. The first-order valence-electron chi connectivity index (χ1n) is 5.55. The largest absolute Gasteiger partial charge is 0.381 e. The number of ether oxygens (including phenoxy) is 1. The Bertz CT molecular complexity index is 503. The van der Waals surface area contributed by atoms with Gasteiger partial charge in [0.1, 0.15) is 5.82 Å². The van der Waals surface area contributed by atoms with E-state index >= 15 is 0 Å². The van der Waals surface area contributed by atoms with Crippen LogP contribution in [0.4, 0.5) is 0 Å². The Labute approximate surface area is 99.0 Å². The van der Waals surface area contributed by atoms with E-state index in [1.807, 2.05) is 24.5 Å². The molecule has 1 aliphatic heterocycles. The molecular weight excluding hydrogens is 224 g/mol. The van der Waals surface area contributed by atoms with E-state index < -0.39 is 0 Å². The molecule has 0 N–H and O–H groups in total. The molecule has 2 aromatic rings. The quantitative estimate of drug-likeness (QED) is 0.761. The van der Waals surface area contributed by atoms with Gasteiger partial charge in [-0.2, -0.15) is 0 Å². The third-order valence-electron chi connectivity index (χ3n) is 3.05. The highest BCUT2D eigenvalue weighted by Gasteiger charge is 2.20. The van der Waals surface area contributed by atoms with Crippen LogP contribution in [0.5, 0.6) is 0 Å². The lowest BCUT2D eigenvalue weighted by Crippen LogP contribution is -2.17. The number of nitrogens with zero attached hydrogens (tertiary/aromatic N) is 2. The fourth-order valence-corrected chi connectivity index (χ4v) is 2.41. The van der Waals surface area contributed by atoms with Crippen LogP contribution in [0.3, 0.4) is 0 Å². The van der Waals surface area contributed by atoms with Gasteiger partial charge in [-0.15, -0.1) is 0 Å². The number of hydrogen-bond donors (Lipinski definition) is 0. The van der Waals surface area contributed by atoms with Crippen LogP contribution in [0.2, 0.25) is 5.02 Å². The molecule has 1 saturated heterocycles. The molecule has 1 fully saturated rings. The van der Waals surface area contributed by atoms with Crippen molar-refractivity contribution >= 4 is 17.1 Å². The first kappa shape index (κ1) is 10.1. The fraction of sp³-hybridized carbons (Fsp3) is 0.417. The Kier molecular flexibility index (Phi) is 2.58. The smallest absolute Gasteiger partial charge is 0.118 e. The van der Waals surface area contributed by atoms with Gasteiger partial charge in [0.2, 0.25) is 0 Å². The highest BCUT2D eigenvalue weighted by molar-refractivity contribution is 6.30. The average molecular weight is 237 g/mol. The lowest BCUT2D eigenvalue weighted by Gasteiger charge is -2.20. The SMILES string of the molecule is Clc1ccn2c(C3CCCOC3)ncc2c1. The van der Waals surface area contributed by atoms with E-state index in [1.165, 1.54) is 0 Å². The number of fused-ring (bicyclic) bond motifs is 1. The number of aromatic nitrogens is 2. The van der Waals surface area contributed by atoms with Crippen molar-refractivity contribution in [1.82, 2.24) is 9.38 Å². The van der Waals surface area contributed by atoms with Crippen LogP contribution in [0.1, 0.15) is 24.6 Å². The van der Waals surface area contributed by atoms with E-state index in [0.717, 1.165) is 42.4 Å². The molecule has 2 aromatic heterocycles. The van der Waals surface area contributed by atoms with Crippen LogP contribution < -0.4 is 0 Å². The molecule has 16 heavy (non-hydrogen) atoms. The van der Waals surface area contributed by atoms with Crippen molar-refractivity contribution in [3.8, 4) is 0 Å². The Hall–Kier alpha value is -1.06. The van der Waals surface area contributed by atoms with E-state index in [9.17, 15) is 0 Å². The second-order valence-corrected chi connectivity index (χ2v) is 4.61. The van der Waals surface area contributed by atoms with Crippen LogP contribution in [-0.4, -0.2) is 22.6 Å². The summed E-state index contributed by atoms with van der Waals surface area (Å²) in [5, 5.41) is 0.749. The zero-order chi connectivity index (χ0) is 11.0. The van der Waals surface area contributed by atoms with E-state index in [4.69, 9.17) is 16.3 Å². The highest BCUT2D eigenvalue weighted by atomic mass is 35.5. The van der Waals surface area contributed by atoms with Crippen molar-refractivity contribution in [2.24, 2.45) is 0 Å². The van der Waals surface area contributed by atoms with Crippen LogP contribution in [0, 0.1) is 0 Å². The molecule has 4 heteroatoms. The summed E-state index contributed by atoms with van der Waals surface area (Å²) in [6.07, 6.45) is 6.12. The molecule has 0 saturated carbocycles. The van der Waals surface area contributed by atoms with Crippen LogP contribution >= 0.6 is 11.6 Å². The van der Waals surface area contributed by atoms with Gasteiger partial charge in [0, 0.05) is 23.7 Å². The highest BCUT2D eigenvalue weighted by Crippen LogP contribution is 2.25. The Balaban J connectivity index is 2.03. The van der Waals surface area contributed by atoms with Crippen molar-refractivity contribution in [2.75, 3.05) is 13.2 Å². The van der Waals surface area contributed by atoms with Crippen molar-refractivity contribution < 1.29 is 4.74 Å². The van der Waals surface area contributed by atoms with Gasteiger partial charge in [-0.1, -0.05) is 11.6 Å². The minimum atomic E-state index is 0.414. The molecule has 3 nitrogen and oxygen atoms in total. The summed E-state index contributed by atoms with van der Waals surface area (Å²) in [5.74, 6) is 1.50. The van der Waals surface area contributed by atoms with Gasteiger partial charge >= 0.3 is 0 Å². The lowest BCUT2D eigenvalue weighted by molar-refractivity contribution is 0.0779. The predicted molar refractivity (Wildman–Crippen MR) is 63.0 cm³/mol. The van der Waals surface area contributed by atoms with Gasteiger partial charge in [0.15, 0.2) is 0 Å². The van der Waals surface area contributed by atoms with Crippen LogP contribution in [0.15, 0.2) is 24.5 Å². The minimum absolute atomic E-state index is 0.414. The first-order chi connectivity index (χ1) is 7.84. The zero-order valence-electron chi connectivity index (χ0n) is 8.90. The zero-order valence-corrected chi connectivity index (χ0v) is 9.65. The van der Waals surface area contributed by atoms with Gasteiger partial charge in [0.05, 0.1) is 18.3 Å². The maximum absolute atomic E-state index is 5.95. The number of imidazole rings is 1. The summed E-state index contributed by atoms with van der Waals surface area (Å²) < 4.78 is 7.60. The number of hydrogen-bond acceptors (Lipinski definition) is 2. The lowest BCUT2D eigenvalue weighted by atomic mass is 10.0. The summed E-state index contributed by atoms with van der Waals surface area (Å²) in [4.78, 5) is 4.48. The summed E-state index contributed by atoms with van der Waals surface area (Å²) in [6.45, 7) is 1.66. The van der Waals surface area contributed by atoms with Crippen molar-refractivity contribution in [1.29, 1.82) is 0 Å². The average Bonchev–Trinajstić information content (AvgIpc) is 2.73. The minimum Gasteiger partial charge on any atom is -0.381 e. The topological polar surface area (TPSA) is 26.5 Å². The van der Waals surface area contributed by atoms with Gasteiger partial charge in [0.25, 0.3) is 0 Å². The third kappa shape index (κ3) is 1.70. The fourth-order valence-electron chi connectivity index (χ4n) is 2.24. The normalized spacial score (nSPS) is 21.4. The summed E-state index contributed by atoms with van der Waals surface area (Å²) in [6, 6.07) is 3.82. The van der Waals surface area contributed by atoms with Crippen molar-refractivity contribution in [3.05, 3.63) is 35.4 Å². The van der Waals surface area contributed by atoms with Crippen molar-refractivity contribution in [2.45, 2.75) is 18.8 Å². The number of rotatable bonds is 1. The summed E-state index contributed by atoms with van der Waals surface area (Å²) in [7, 11) is 0. The standard InChI is InChI=1S/C12H13ClN2O/c13-10-3-4-15-11(6-10)7-14-12(15)9-2-1-5-16-8-9/h3-4,6-7,9H,1-2,5,8H2. The number of halogens is 1. The van der Waals surface area contributed by atoms with Gasteiger partial charge in [-0.05, 0) is 25.0 Å². The second kappa shape index (κ2) is 4.07. The molecule has 1 unspecified atom stereocenters. The van der Waals surface area contributed by atoms with Crippen LogP contribution in [0.25, 0.3) is 5.52 Å². The Morgan fingerprint density at radius 3 is 3.25 bits per heavy atom. The maximum atomic E-state index is 5.95. The molecule has 3 rings (SSSR count). The molecule has 84 valence electrons. The van der Waals surface area contributed by atoms with Gasteiger partial charge in [-0.25, -0.2) is 4.98 Å². The monoisotopic (exact) mass is 236 g/mol. The Morgan fingerprint density at radius 2 is 2.44 bits per heavy atom. The van der Waals surface area contributed by atoms with E-state index in [2.05, 4.69) is 9.38 Å². The van der Waals surface area contributed by atoms with E-state index in [0.29, 0.717) is 5.92 Å². The third-order valence-corrected chi connectivity index (χ3v) is 3.28. The molecule has 0 radical (unpaired) electrons. The summed E-state index contributed by atoms with van der Waals surface area (Å²) >= 11 is 5.95. The van der Waals surface area contributed by atoms with Crippen molar-refractivity contribution in [3.63, 3.8) is 0 Å². The molecular formula is C12H13ClN2O. The number of pyridine rings is 1. The molecule has 1 atom stereocenters. The predicted octanol–water partition coefficient (Wildman–Crippen LogP) is 2.88. The van der Waals surface area contributed by atoms with E-state index in [1.54, 1.807) is 0 Å². The Morgan fingerprint density at radius 1 is 1.50 bits per heavy atom. The molecule has 0 amide bonds. The molecule has 1 aliphatic rings. The van der Waals surface area contributed by atoms with Gasteiger partial charge < -0.3 is 9.14 Å². The summed E-state index contributed by atoms with van der Waals surface area (Å²) in [5.41, 5.74) is 1.05. The van der Waals surface area contributed by atoms with E-state index in [-0.39, 0.29) is 0 Å². The molecule has 0 aliphatic carbocycles. The molecule has 3 heterocycles. The molecule has 0 aromatic carbocycles.